The van der Waals surface area contributed by atoms with Gasteiger partial charge in [-0.15, -0.1) is 0 Å². The first-order valence-corrected chi connectivity index (χ1v) is 10.8. The minimum Gasteiger partial charge on any atom is -0.496 e. The second-order valence-electron chi connectivity index (χ2n) is 6.67. The average molecular weight is 383 g/mol. The average Bonchev–Trinajstić information content (AvgIpc) is 2.67. The Morgan fingerprint density at radius 1 is 1.19 bits per heavy atom. The van der Waals surface area contributed by atoms with Gasteiger partial charge in [0.2, 0.25) is 10.0 Å². The number of ether oxygens (including phenoxy) is 1. The minimum atomic E-state index is -3.62. The number of hydrogen-bond acceptors (Lipinski definition) is 4. The van der Waals surface area contributed by atoms with E-state index in [0.717, 1.165) is 12.8 Å². The molecule has 1 amide bonds. The molecule has 0 atom stereocenters. The number of nitrogens with one attached hydrogen (secondary N) is 1. The van der Waals surface area contributed by atoms with Crippen LogP contribution in [0.15, 0.2) is 23.1 Å². The molecule has 1 fully saturated rings. The van der Waals surface area contributed by atoms with Crippen molar-refractivity contribution in [3.05, 3.63) is 23.8 Å². The Kier molecular flexibility index (Phi) is 7.46. The summed E-state index contributed by atoms with van der Waals surface area (Å²) in [4.78, 5) is 12.8. The zero-order valence-corrected chi connectivity index (χ0v) is 16.8. The van der Waals surface area contributed by atoms with Crippen LogP contribution in [-0.2, 0) is 10.0 Å². The van der Waals surface area contributed by atoms with Gasteiger partial charge in [0, 0.05) is 19.6 Å². The summed E-state index contributed by atoms with van der Waals surface area (Å²) in [6.07, 6.45) is 5.95. The van der Waals surface area contributed by atoms with E-state index in [1.165, 1.54) is 42.8 Å². The molecule has 0 spiro atoms. The van der Waals surface area contributed by atoms with Gasteiger partial charge in [-0.1, -0.05) is 33.1 Å². The van der Waals surface area contributed by atoms with E-state index in [2.05, 4.69) is 5.32 Å². The number of methoxy groups -OCH3 is 1. The van der Waals surface area contributed by atoms with Gasteiger partial charge in [0.15, 0.2) is 0 Å². The van der Waals surface area contributed by atoms with Crippen molar-refractivity contribution < 1.29 is 17.9 Å². The molecule has 1 saturated carbocycles. The lowest BCUT2D eigenvalue weighted by Gasteiger charge is -2.22. The quantitative estimate of drug-likeness (QED) is 0.750. The molecule has 0 heterocycles. The first-order valence-electron chi connectivity index (χ1n) is 9.40. The molecule has 0 aliphatic heterocycles. The fraction of sp³-hybridized carbons (Fsp3) is 0.632. The number of rotatable bonds is 8. The van der Waals surface area contributed by atoms with Crippen LogP contribution in [0.4, 0.5) is 0 Å². The molecule has 6 nitrogen and oxygen atoms in total. The zero-order valence-electron chi connectivity index (χ0n) is 16.0. The zero-order chi connectivity index (χ0) is 19.2. The van der Waals surface area contributed by atoms with Gasteiger partial charge in [-0.2, -0.15) is 4.31 Å². The summed E-state index contributed by atoms with van der Waals surface area (Å²) >= 11 is 0. The SMILES string of the molecule is CCN(CC)S(=O)(=O)c1ccc(OC)c(C(=O)NCC2CCCCC2)c1. The maximum atomic E-state index is 12.7. The second kappa shape index (κ2) is 9.37. The van der Waals surface area contributed by atoms with Gasteiger partial charge in [-0.3, -0.25) is 4.79 Å². The van der Waals surface area contributed by atoms with Crippen LogP contribution in [-0.4, -0.2) is 45.4 Å². The normalized spacial score (nSPS) is 15.8. The third-order valence-electron chi connectivity index (χ3n) is 5.03. The predicted molar refractivity (Wildman–Crippen MR) is 102 cm³/mol. The van der Waals surface area contributed by atoms with Crippen molar-refractivity contribution in [3.8, 4) is 5.75 Å². The molecule has 1 aliphatic carbocycles. The van der Waals surface area contributed by atoms with Crippen LogP contribution < -0.4 is 10.1 Å². The van der Waals surface area contributed by atoms with Crippen LogP contribution in [0.3, 0.4) is 0 Å². The molecule has 26 heavy (non-hydrogen) atoms. The number of benzene rings is 1. The predicted octanol–water partition coefficient (Wildman–Crippen LogP) is 3.04. The van der Waals surface area contributed by atoms with Gasteiger partial charge in [-0.05, 0) is 37.0 Å². The lowest BCUT2D eigenvalue weighted by atomic mass is 9.89. The molecule has 146 valence electrons. The molecule has 2 rings (SSSR count). The molecule has 1 N–H and O–H groups in total. The van der Waals surface area contributed by atoms with Crippen molar-refractivity contribution in [1.82, 2.24) is 9.62 Å². The van der Waals surface area contributed by atoms with Crippen LogP contribution in [0.25, 0.3) is 0 Å². The molecule has 1 aliphatic rings. The summed E-state index contributed by atoms with van der Waals surface area (Å²) in [5.41, 5.74) is 0.261. The summed E-state index contributed by atoms with van der Waals surface area (Å²) in [5.74, 6) is 0.593. The highest BCUT2D eigenvalue weighted by Gasteiger charge is 2.25. The van der Waals surface area contributed by atoms with Gasteiger partial charge in [0.05, 0.1) is 17.6 Å². The minimum absolute atomic E-state index is 0.116. The topological polar surface area (TPSA) is 75.7 Å². The number of carbonyl (C=O) groups excluding carboxylic acids is 1. The van der Waals surface area contributed by atoms with Gasteiger partial charge in [0.25, 0.3) is 5.91 Å². The standard InChI is InChI=1S/C19H30N2O4S/c1-4-21(5-2)26(23,24)16-11-12-18(25-3)17(13-16)19(22)20-14-15-9-7-6-8-10-15/h11-13,15H,4-10,14H2,1-3H3,(H,20,22). The van der Waals surface area contributed by atoms with E-state index >= 15 is 0 Å². The Hall–Kier alpha value is -1.60. The highest BCUT2D eigenvalue weighted by molar-refractivity contribution is 7.89. The van der Waals surface area contributed by atoms with Crippen molar-refractivity contribution in [2.45, 2.75) is 50.8 Å². The van der Waals surface area contributed by atoms with E-state index in [-0.39, 0.29) is 16.4 Å². The summed E-state index contributed by atoms with van der Waals surface area (Å²) in [5, 5.41) is 2.95. The van der Waals surface area contributed by atoms with Crippen LogP contribution >= 0.6 is 0 Å². The second-order valence-corrected chi connectivity index (χ2v) is 8.60. The third-order valence-corrected chi connectivity index (χ3v) is 7.08. The Bertz CT molecular complexity index is 708. The van der Waals surface area contributed by atoms with Gasteiger partial charge in [0.1, 0.15) is 5.75 Å². The fourth-order valence-electron chi connectivity index (χ4n) is 3.46. The number of carbonyl (C=O) groups is 1. The summed E-state index contributed by atoms with van der Waals surface area (Å²) in [7, 11) is -2.14. The molecule has 7 heteroatoms. The molecular formula is C19H30N2O4S. The summed E-state index contributed by atoms with van der Waals surface area (Å²) < 4.78 is 32.1. The van der Waals surface area contributed by atoms with E-state index in [0.29, 0.717) is 31.3 Å². The molecule has 0 radical (unpaired) electrons. The molecular weight excluding hydrogens is 352 g/mol. The van der Waals surface area contributed by atoms with Gasteiger partial charge < -0.3 is 10.1 Å². The first-order chi connectivity index (χ1) is 12.4. The number of nitrogens with zero attached hydrogens (tertiary/aromatic N) is 1. The maximum Gasteiger partial charge on any atom is 0.255 e. The largest absolute Gasteiger partial charge is 0.496 e. The molecule has 1 aromatic rings. The molecule has 0 bridgehead atoms. The summed E-state index contributed by atoms with van der Waals surface area (Å²) in [6, 6.07) is 4.46. The Morgan fingerprint density at radius 2 is 1.85 bits per heavy atom. The smallest absolute Gasteiger partial charge is 0.255 e. The first kappa shape index (κ1) is 20.7. The van der Waals surface area contributed by atoms with E-state index in [1.807, 2.05) is 0 Å². The van der Waals surface area contributed by atoms with Crippen molar-refractivity contribution in [2.24, 2.45) is 5.92 Å². The van der Waals surface area contributed by atoms with Crippen molar-refractivity contribution >= 4 is 15.9 Å². The van der Waals surface area contributed by atoms with Gasteiger partial charge >= 0.3 is 0 Å². The Morgan fingerprint density at radius 3 is 2.42 bits per heavy atom. The fourth-order valence-corrected chi connectivity index (χ4v) is 4.95. The lowest BCUT2D eigenvalue weighted by Crippen LogP contribution is -2.32. The van der Waals surface area contributed by atoms with Crippen molar-refractivity contribution in [1.29, 1.82) is 0 Å². The highest BCUT2D eigenvalue weighted by Crippen LogP contribution is 2.26. The lowest BCUT2D eigenvalue weighted by molar-refractivity contribution is 0.0940. The van der Waals surface area contributed by atoms with Crippen LogP contribution in [0, 0.1) is 5.92 Å². The van der Waals surface area contributed by atoms with Crippen molar-refractivity contribution in [2.75, 3.05) is 26.7 Å². The van der Waals surface area contributed by atoms with E-state index in [9.17, 15) is 13.2 Å². The maximum absolute atomic E-state index is 12.7. The van der Waals surface area contributed by atoms with Crippen LogP contribution in [0.2, 0.25) is 0 Å². The molecule has 0 aromatic heterocycles. The van der Waals surface area contributed by atoms with E-state index < -0.39 is 10.0 Å². The van der Waals surface area contributed by atoms with E-state index in [1.54, 1.807) is 19.9 Å². The molecule has 0 unspecified atom stereocenters. The van der Waals surface area contributed by atoms with E-state index in [4.69, 9.17) is 4.74 Å². The molecule has 0 saturated heterocycles. The summed E-state index contributed by atoms with van der Waals surface area (Å²) in [6.45, 7) is 4.97. The molecule has 1 aromatic carbocycles. The number of amides is 1. The van der Waals surface area contributed by atoms with Crippen LogP contribution in [0.1, 0.15) is 56.3 Å². The number of hydrogen-bond donors (Lipinski definition) is 1. The number of sulfonamides is 1. The Labute approximate surface area is 157 Å². The third kappa shape index (κ3) is 4.76. The monoisotopic (exact) mass is 382 g/mol. The highest BCUT2D eigenvalue weighted by atomic mass is 32.2. The van der Waals surface area contributed by atoms with Gasteiger partial charge in [-0.25, -0.2) is 8.42 Å². The van der Waals surface area contributed by atoms with Crippen molar-refractivity contribution in [3.63, 3.8) is 0 Å². The Balaban J connectivity index is 2.21. The van der Waals surface area contributed by atoms with Crippen LogP contribution in [0.5, 0.6) is 5.75 Å².